The Kier molecular flexibility index (Phi) is 13.4. The van der Waals surface area contributed by atoms with E-state index in [-0.39, 0.29) is 51.9 Å². The largest absolute Gasteiger partial charge is 1.00 e. The van der Waals surface area contributed by atoms with Gasteiger partial charge in [-0.3, -0.25) is 0 Å². The first-order valence-corrected chi connectivity index (χ1v) is 23.3. The predicted molar refractivity (Wildman–Crippen MR) is 219 cm³/mol. The number of fused-ring (bicyclic) bond motifs is 3. The molecule has 0 aliphatic heterocycles. The summed E-state index contributed by atoms with van der Waals surface area (Å²) in [7, 11) is 0. The van der Waals surface area contributed by atoms with E-state index in [2.05, 4.69) is 184 Å². The van der Waals surface area contributed by atoms with Crippen molar-refractivity contribution in [3.8, 4) is 11.1 Å². The molecule has 1 atom stereocenters. The molecule has 0 N–H and O–H groups in total. The van der Waals surface area contributed by atoms with Crippen molar-refractivity contribution in [1.82, 2.24) is 0 Å². The van der Waals surface area contributed by atoms with E-state index < -0.39 is 21.3 Å². The van der Waals surface area contributed by atoms with Crippen LogP contribution in [0, 0.1) is 11.3 Å². The van der Waals surface area contributed by atoms with Crippen molar-refractivity contribution in [2.45, 2.75) is 156 Å². The van der Waals surface area contributed by atoms with Gasteiger partial charge in [0.2, 0.25) is 0 Å². The van der Waals surface area contributed by atoms with Crippen LogP contribution >= 0.6 is 0 Å². The molecule has 0 aromatic heterocycles. The molecule has 0 saturated carbocycles. The number of halogens is 2. The van der Waals surface area contributed by atoms with Gasteiger partial charge in [0.05, 0.1) is 0 Å². The zero-order chi connectivity index (χ0) is 37.4. The Morgan fingerprint density at radius 1 is 0.577 bits per heavy atom. The summed E-state index contributed by atoms with van der Waals surface area (Å²) in [6.07, 6.45) is 7.85. The molecule has 3 aromatic carbocycles. The quantitative estimate of drug-likeness (QED) is 0.244. The summed E-state index contributed by atoms with van der Waals surface area (Å²) < 4.78 is 3.91. The van der Waals surface area contributed by atoms with E-state index in [0.717, 1.165) is 0 Å². The maximum atomic E-state index is 2.72. The molecular weight excluding hydrogens is 751 g/mol. The summed E-state index contributed by atoms with van der Waals surface area (Å²) in [5.74, 6) is 0.529. The Morgan fingerprint density at radius 2 is 0.981 bits per heavy atom. The molecular formula is C49H68Cl2Zr. The number of benzene rings is 3. The van der Waals surface area contributed by atoms with E-state index in [1.807, 2.05) is 0 Å². The van der Waals surface area contributed by atoms with Crippen LogP contribution in [0.4, 0.5) is 0 Å². The van der Waals surface area contributed by atoms with Crippen molar-refractivity contribution in [2.75, 3.05) is 0 Å². The van der Waals surface area contributed by atoms with E-state index in [4.69, 9.17) is 0 Å². The third kappa shape index (κ3) is 8.79. The minimum atomic E-state index is -2.75. The molecule has 1 unspecified atom stereocenters. The van der Waals surface area contributed by atoms with E-state index in [1.165, 1.54) is 51.8 Å². The average Bonchev–Trinajstić information content (AvgIpc) is 3.54. The van der Waals surface area contributed by atoms with Crippen LogP contribution in [0.2, 0.25) is 0 Å². The molecule has 0 saturated heterocycles. The maximum absolute atomic E-state index is 2.75. The minimum absolute atomic E-state index is 0. The number of hydrogen-bond donors (Lipinski definition) is 0. The smallest absolute Gasteiger partial charge is 1.00 e. The first kappa shape index (κ1) is 44.9. The molecule has 0 fully saturated rings. The molecule has 0 bridgehead atoms. The summed E-state index contributed by atoms with van der Waals surface area (Å²) in [6, 6.07) is 22.2. The summed E-state index contributed by atoms with van der Waals surface area (Å²) in [5.41, 5.74) is 15.6. The predicted octanol–water partition coefficient (Wildman–Crippen LogP) is 8.10. The molecule has 52 heavy (non-hydrogen) atoms. The van der Waals surface area contributed by atoms with Crippen molar-refractivity contribution in [3.63, 3.8) is 0 Å². The first-order chi connectivity index (χ1) is 22.9. The van der Waals surface area contributed by atoms with Crippen molar-refractivity contribution < 1.29 is 46.1 Å². The van der Waals surface area contributed by atoms with Gasteiger partial charge in [0.15, 0.2) is 0 Å². The van der Waals surface area contributed by atoms with Crippen molar-refractivity contribution in [3.05, 3.63) is 115 Å². The molecule has 5 rings (SSSR count). The third-order valence-electron chi connectivity index (χ3n) is 11.3. The molecule has 0 amide bonds. The Labute approximate surface area is 339 Å². The zero-order valence-corrected chi connectivity index (χ0v) is 39.6. The van der Waals surface area contributed by atoms with Crippen LogP contribution in [0.25, 0.3) is 11.1 Å². The third-order valence-corrected chi connectivity index (χ3v) is 19.7. The molecule has 0 radical (unpaired) electrons. The van der Waals surface area contributed by atoms with Crippen molar-refractivity contribution in [2.24, 2.45) is 11.3 Å². The van der Waals surface area contributed by atoms with Gasteiger partial charge in [-0.2, -0.15) is 0 Å². The standard InChI is InChI=1S/C29H41.C12H19.C8H8.2ClH.Zr/c1-26(2,3)22-14-18-13-19-15-23(27(4,5)6)25(29(10,11)12)17-21(19)20(18)16-24(22)28(7,8)9;1-5-6-10-7-8-11(9-10)12(2,3)4;1-2-8-6-4-3-5-7-8;;;/h13-17H,1-12H3;8-10H,5-6H2,1-4H3;3-7H,1H3;2*1H;/q;;;;;+2/p-2. The van der Waals surface area contributed by atoms with Crippen LogP contribution in [-0.4, -0.2) is 3.21 Å². The Balaban J connectivity index is 0.00000364. The van der Waals surface area contributed by atoms with Gasteiger partial charge in [-0.05, 0) is 0 Å². The van der Waals surface area contributed by atoms with Gasteiger partial charge < -0.3 is 24.8 Å². The minimum Gasteiger partial charge on any atom is -1.00 e. The van der Waals surface area contributed by atoms with Crippen molar-refractivity contribution in [1.29, 1.82) is 0 Å². The molecule has 0 heterocycles. The van der Waals surface area contributed by atoms with Gasteiger partial charge >= 0.3 is 317 Å². The number of hydrogen-bond acceptors (Lipinski definition) is 0. The monoisotopic (exact) mass is 816 g/mol. The van der Waals surface area contributed by atoms with E-state index in [1.54, 1.807) is 23.2 Å². The van der Waals surface area contributed by atoms with E-state index >= 15 is 0 Å². The zero-order valence-electron chi connectivity index (χ0n) is 35.7. The SMILES string of the molecule is CCCC1C=C(C(C)(C)C)C=[C]1/[Zr+2](=[C](\C)c1ccccc1)[CH]1c2cc(C(C)(C)C)c(C(C)(C)C)cc2-c2cc(C(C)(C)C)c(C(C)(C)C)cc21.[Cl-].[Cl-]. The molecule has 0 nitrogen and oxygen atoms in total. The average molecular weight is 819 g/mol. The second kappa shape index (κ2) is 15.5. The topological polar surface area (TPSA) is 0 Å². The molecule has 3 aromatic rings. The second-order valence-corrected chi connectivity index (χ2v) is 27.4. The normalized spacial score (nSPS) is 16.7. The molecule has 2 aliphatic rings. The van der Waals surface area contributed by atoms with Crippen LogP contribution in [0.1, 0.15) is 173 Å². The number of allylic oxidation sites excluding steroid dienone is 4. The van der Waals surface area contributed by atoms with Crippen LogP contribution < -0.4 is 24.8 Å². The van der Waals surface area contributed by atoms with E-state index in [0.29, 0.717) is 9.54 Å². The van der Waals surface area contributed by atoms with Gasteiger partial charge in [0.25, 0.3) is 0 Å². The number of rotatable bonds is 5. The van der Waals surface area contributed by atoms with E-state index in [9.17, 15) is 0 Å². The molecule has 282 valence electrons. The van der Waals surface area contributed by atoms with Crippen LogP contribution in [0.15, 0.2) is 75.6 Å². The maximum Gasteiger partial charge on any atom is -1.00 e. The van der Waals surface area contributed by atoms with Gasteiger partial charge in [0.1, 0.15) is 0 Å². The van der Waals surface area contributed by atoms with Gasteiger partial charge in [-0.1, -0.05) is 0 Å². The summed E-state index contributed by atoms with van der Waals surface area (Å²) in [6.45, 7) is 41.1. The van der Waals surface area contributed by atoms with Crippen molar-refractivity contribution >= 4 is 3.21 Å². The van der Waals surface area contributed by atoms with Crippen LogP contribution in [0.3, 0.4) is 0 Å². The van der Waals surface area contributed by atoms with Crippen LogP contribution in [0.5, 0.6) is 0 Å². The molecule has 0 spiro atoms. The fourth-order valence-corrected chi connectivity index (χ4v) is 17.6. The van der Waals surface area contributed by atoms with Gasteiger partial charge in [-0.15, -0.1) is 0 Å². The Bertz CT molecular complexity index is 1790. The summed E-state index contributed by atoms with van der Waals surface area (Å²) in [4.78, 5) is 0. The summed E-state index contributed by atoms with van der Waals surface area (Å²) in [5, 5.41) is 0. The summed E-state index contributed by atoms with van der Waals surface area (Å²) >= 11 is -2.75. The Hall–Kier alpha value is -1.53. The first-order valence-electron chi connectivity index (χ1n) is 19.4. The van der Waals surface area contributed by atoms with Crippen LogP contribution in [-0.2, 0) is 42.9 Å². The fraction of sp³-hybridized carbons (Fsp3) is 0.531. The Morgan fingerprint density at radius 3 is 1.35 bits per heavy atom. The molecule has 3 heteroatoms. The van der Waals surface area contributed by atoms with Gasteiger partial charge in [0, 0.05) is 0 Å². The fourth-order valence-electron chi connectivity index (χ4n) is 8.50. The molecule has 2 aliphatic carbocycles. The van der Waals surface area contributed by atoms with Gasteiger partial charge in [-0.25, -0.2) is 0 Å². The second-order valence-electron chi connectivity index (χ2n) is 20.7.